The van der Waals surface area contributed by atoms with Gasteiger partial charge in [-0.25, -0.2) is 0 Å². The number of halogens is 2. The van der Waals surface area contributed by atoms with Gasteiger partial charge in [-0.15, -0.1) is 0 Å². The van der Waals surface area contributed by atoms with Crippen LogP contribution < -0.4 is 0 Å². The molecule has 0 heterocycles. The molecule has 0 unspecified atom stereocenters. The Balaban J connectivity index is 3.10. The molecule has 0 fully saturated rings. The van der Waals surface area contributed by atoms with Crippen LogP contribution in [-0.4, -0.2) is 12.8 Å². The highest BCUT2D eigenvalue weighted by molar-refractivity contribution is 6.40. The topological polar surface area (TPSA) is 33.1 Å². The van der Waals surface area contributed by atoms with Gasteiger partial charge in [0.1, 0.15) is 0 Å². The van der Waals surface area contributed by atoms with E-state index < -0.39 is 0 Å². The van der Waals surface area contributed by atoms with Crippen molar-refractivity contribution in [2.75, 3.05) is 7.11 Å². The Kier molecular flexibility index (Phi) is 4.84. The van der Waals surface area contributed by atoms with Gasteiger partial charge in [0, 0.05) is 18.1 Å². The van der Waals surface area contributed by atoms with Crippen LogP contribution in [0.15, 0.2) is 30.0 Å². The molecule has 1 rings (SSSR count). The van der Waals surface area contributed by atoms with Gasteiger partial charge < -0.3 is 10.1 Å². The van der Waals surface area contributed by atoms with E-state index in [-0.39, 0.29) is 5.71 Å². The molecule has 0 spiro atoms. The molecule has 0 atom stereocenters. The summed E-state index contributed by atoms with van der Waals surface area (Å²) in [6.07, 6.45) is 2.36. The molecular weight excluding hydrogens is 245 g/mol. The third-order valence-corrected chi connectivity index (χ3v) is 2.78. The second-order valence-corrected chi connectivity index (χ2v) is 3.99. The van der Waals surface area contributed by atoms with Gasteiger partial charge in [0.2, 0.25) is 0 Å². The summed E-state index contributed by atoms with van der Waals surface area (Å²) in [4.78, 5) is 0. The van der Waals surface area contributed by atoms with Crippen LogP contribution in [0.2, 0.25) is 10.0 Å². The minimum Gasteiger partial charge on any atom is -0.501 e. The zero-order chi connectivity index (χ0) is 12.1. The molecule has 0 aliphatic rings. The molecule has 2 nitrogen and oxygen atoms in total. The molecule has 16 heavy (non-hydrogen) atoms. The number of methoxy groups -OCH3 is 1. The van der Waals surface area contributed by atoms with Crippen LogP contribution in [0, 0.1) is 5.41 Å². The zero-order valence-electron chi connectivity index (χ0n) is 9.18. The number of ether oxygens (including phenoxy) is 1. The summed E-state index contributed by atoms with van der Waals surface area (Å²) in [5.41, 5.74) is 0.795. The van der Waals surface area contributed by atoms with Gasteiger partial charge in [-0.05, 0) is 12.1 Å². The molecular formula is C12H13Cl2NO. The monoisotopic (exact) mass is 257 g/mol. The Morgan fingerprint density at radius 1 is 1.38 bits per heavy atom. The van der Waals surface area contributed by atoms with E-state index >= 15 is 0 Å². The van der Waals surface area contributed by atoms with E-state index in [1.165, 1.54) is 0 Å². The van der Waals surface area contributed by atoms with E-state index in [0.29, 0.717) is 15.6 Å². The second-order valence-electron chi connectivity index (χ2n) is 3.18. The molecule has 0 radical (unpaired) electrons. The maximum absolute atomic E-state index is 7.92. The van der Waals surface area contributed by atoms with Crippen molar-refractivity contribution in [3.8, 4) is 0 Å². The standard InChI is InChI=1S/C12H13Cl2NO/c1-3-8(16-2)7-11(15)12-9(13)5-4-6-10(12)14/h4-7,15H,3H2,1-2H3/b8-7-,15-11?. The molecule has 1 N–H and O–H groups in total. The van der Waals surface area contributed by atoms with Gasteiger partial charge in [0.05, 0.1) is 28.6 Å². The van der Waals surface area contributed by atoms with Gasteiger partial charge in [-0.3, -0.25) is 0 Å². The molecule has 0 bridgehead atoms. The fourth-order valence-corrected chi connectivity index (χ4v) is 1.89. The van der Waals surface area contributed by atoms with Crippen molar-refractivity contribution in [3.63, 3.8) is 0 Å². The first-order valence-electron chi connectivity index (χ1n) is 4.87. The summed E-state index contributed by atoms with van der Waals surface area (Å²) in [6, 6.07) is 5.18. The van der Waals surface area contributed by atoms with Crippen molar-refractivity contribution in [1.82, 2.24) is 0 Å². The number of nitrogens with one attached hydrogen (secondary N) is 1. The Morgan fingerprint density at radius 3 is 2.38 bits per heavy atom. The van der Waals surface area contributed by atoms with Crippen LogP contribution in [0.4, 0.5) is 0 Å². The first-order chi connectivity index (χ1) is 7.60. The quantitative estimate of drug-likeness (QED) is 0.633. The fraction of sp³-hybridized carbons (Fsp3) is 0.250. The molecule has 0 aliphatic carbocycles. The van der Waals surface area contributed by atoms with Crippen molar-refractivity contribution in [3.05, 3.63) is 45.6 Å². The molecule has 0 saturated heterocycles. The Hall–Kier alpha value is -0.990. The maximum Gasteiger partial charge on any atom is 0.0974 e. The van der Waals surface area contributed by atoms with Crippen molar-refractivity contribution in [1.29, 1.82) is 5.41 Å². The number of benzene rings is 1. The molecule has 1 aromatic carbocycles. The minimum atomic E-state index is 0.259. The Morgan fingerprint density at radius 2 is 1.94 bits per heavy atom. The predicted molar refractivity (Wildman–Crippen MR) is 68.7 cm³/mol. The van der Waals surface area contributed by atoms with Crippen molar-refractivity contribution in [2.45, 2.75) is 13.3 Å². The van der Waals surface area contributed by atoms with Gasteiger partial charge in [0.25, 0.3) is 0 Å². The Labute approximate surface area is 105 Å². The summed E-state index contributed by atoms with van der Waals surface area (Å²) in [6.45, 7) is 1.96. The van der Waals surface area contributed by atoms with E-state index in [4.69, 9.17) is 33.3 Å². The van der Waals surface area contributed by atoms with Crippen LogP contribution in [-0.2, 0) is 4.74 Å². The summed E-state index contributed by atoms with van der Waals surface area (Å²) >= 11 is 12.0. The van der Waals surface area contributed by atoms with E-state index in [0.717, 1.165) is 12.2 Å². The van der Waals surface area contributed by atoms with Crippen molar-refractivity contribution < 1.29 is 4.74 Å². The SMILES string of the molecule is CC/C(=C/C(=N)c1c(Cl)cccc1Cl)OC. The zero-order valence-corrected chi connectivity index (χ0v) is 10.7. The molecule has 1 aromatic rings. The molecule has 0 saturated carbocycles. The third-order valence-electron chi connectivity index (χ3n) is 2.15. The summed E-state index contributed by atoms with van der Waals surface area (Å²) in [7, 11) is 1.58. The molecule has 4 heteroatoms. The van der Waals surface area contributed by atoms with Crippen LogP contribution in [0.25, 0.3) is 0 Å². The smallest absolute Gasteiger partial charge is 0.0974 e. The lowest BCUT2D eigenvalue weighted by atomic mass is 10.1. The first kappa shape index (κ1) is 13.1. The van der Waals surface area contributed by atoms with Crippen LogP contribution in [0.3, 0.4) is 0 Å². The van der Waals surface area contributed by atoms with Gasteiger partial charge >= 0.3 is 0 Å². The maximum atomic E-state index is 7.92. The normalized spacial score (nSPS) is 11.4. The fourth-order valence-electron chi connectivity index (χ4n) is 1.29. The lowest BCUT2D eigenvalue weighted by Gasteiger charge is -2.07. The summed E-state index contributed by atoms with van der Waals surface area (Å²) < 4.78 is 5.11. The molecule has 0 aromatic heterocycles. The third kappa shape index (κ3) is 3.00. The van der Waals surface area contributed by atoms with Crippen molar-refractivity contribution >= 4 is 28.9 Å². The van der Waals surface area contributed by atoms with E-state index in [2.05, 4.69) is 0 Å². The van der Waals surface area contributed by atoms with Crippen molar-refractivity contribution in [2.24, 2.45) is 0 Å². The van der Waals surface area contributed by atoms with Gasteiger partial charge in [0.15, 0.2) is 0 Å². The van der Waals surface area contributed by atoms with E-state index in [1.807, 2.05) is 6.92 Å². The van der Waals surface area contributed by atoms with Gasteiger partial charge in [-0.1, -0.05) is 36.2 Å². The largest absolute Gasteiger partial charge is 0.501 e. The molecule has 0 amide bonds. The second kappa shape index (κ2) is 5.92. The van der Waals surface area contributed by atoms with E-state index in [1.54, 1.807) is 31.4 Å². The Bertz CT molecular complexity index is 401. The lowest BCUT2D eigenvalue weighted by Crippen LogP contribution is -2.00. The highest BCUT2D eigenvalue weighted by atomic mass is 35.5. The highest BCUT2D eigenvalue weighted by Crippen LogP contribution is 2.25. The lowest BCUT2D eigenvalue weighted by molar-refractivity contribution is 0.281. The summed E-state index contributed by atoms with van der Waals surface area (Å²) in [5.74, 6) is 0.723. The predicted octanol–water partition coefficient (Wildman–Crippen LogP) is 4.30. The van der Waals surface area contributed by atoms with E-state index in [9.17, 15) is 0 Å². The highest BCUT2D eigenvalue weighted by Gasteiger charge is 2.09. The number of allylic oxidation sites excluding steroid dienone is 2. The number of rotatable bonds is 4. The average Bonchev–Trinajstić information content (AvgIpc) is 2.25. The molecule has 86 valence electrons. The average molecular weight is 258 g/mol. The number of hydrogen-bond acceptors (Lipinski definition) is 2. The van der Waals surface area contributed by atoms with Crippen LogP contribution in [0.5, 0.6) is 0 Å². The van der Waals surface area contributed by atoms with Crippen LogP contribution in [0.1, 0.15) is 18.9 Å². The number of hydrogen-bond donors (Lipinski definition) is 1. The van der Waals surface area contributed by atoms with Gasteiger partial charge in [-0.2, -0.15) is 0 Å². The molecule has 0 aliphatic heterocycles. The first-order valence-corrected chi connectivity index (χ1v) is 5.63. The van der Waals surface area contributed by atoms with Crippen LogP contribution >= 0.6 is 23.2 Å². The minimum absolute atomic E-state index is 0.259. The summed E-state index contributed by atoms with van der Waals surface area (Å²) in [5, 5.41) is 8.87.